The van der Waals surface area contributed by atoms with Crippen molar-refractivity contribution in [3.8, 4) is 0 Å². The molecule has 68 valence electrons. The molecule has 0 saturated heterocycles. The third kappa shape index (κ3) is 2.29. The van der Waals surface area contributed by atoms with Crippen LogP contribution in [0.4, 0.5) is 0 Å². The van der Waals surface area contributed by atoms with Crippen LogP contribution in [-0.4, -0.2) is 16.7 Å². The van der Waals surface area contributed by atoms with Crippen LogP contribution in [-0.2, 0) is 0 Å². The first-order chi connectivity index (χ1) is 6.15. The third-order valence-corrected chi connectivity index (χ3v) is 1.80. The van der Waals surface area contributed by atoms with Gasteiger partial charge in [0.2, 0.25) is 5.78 Å². The minimum absolute atomic E-state index is 0.0438. The third-order valence-electron chi connectivity index (χ3n) is 1.57. The Morgan fingerprint density at radius 1 is 1.54 bits per heavy atom. The second kappa shape index (κ2) is 4.05. The van der Waals surface area contributed by atoms with Crippen LogP contribution in [0.2, 0.25) is 5.02 Å². The highest BCUT2D eigenvalue weighted by atomic mass is 35.5. The zero-order valence-electron chi connectivity index (χ0n) is 6.99. The van der Waals surface area contributed by atoms with Gasteiger partial charge in [0.05, 0.1) is 0 Å². The highest BCUT2D eigenvalue weighted by molar-refractivity contribution is 6.45. The van der Waals surface area contributed by atoms with Crippen molar-refractivity contribution in [2.24, 2.45) is 5.16 Å². The summed E-state index contributed by atoms with van der Waals surface area (Å²) < 4.78 is 0. The molecule has 0 heterocycles. The summed E-state index contributed by atoms with van der Waals surface area (Å²) in [4.78, 5) is 11.4. The van der Waals surface area contributed by atoms with Gasteiger partial charge in [0.15, 0.2) is 0 Å². The molecule has 4 heteroatoms. The van der Waals surface area contributed by atoms with E-state index in [-0.39, 0.29) is 11.5 Å². The zero-order valence-corrected chi connectivity index (χ0v) is 7.75. The maximum atomic E-state index is 11.4. The lowest BCUT2D eigenvalue weighted by atomic mass is 10.1. The number of rotatable bonds is 2. The van der Waals surface area contributed by atoms with Crippen molar-refractivity contribution in [2.75, 3.05) is 0 Å². The van der Waals surface area contributed by atoms with E-state index in [2.05, 4.69) is 5.16 Å². The van der Waals surface area contributed by atoms with Crippen LogP contribution >= 0.6 is 11.6 Å². The van der Waals surface area contributed by atoms with Crippen LogP contribution in [0.5, 0.6) is 0 Å². The van der Waals surface area contributed by atoms with Crippen molar-refractivity contribution >= 4 is 23.1 Å². The maximum absolute atomic E-state index is 11.4. The Hall–Kier alpha value is -1.35. The number of oxime groups is 1. The molecule has 0 fully saturated rings. The smallest absolute Gasteiger partial charge is 0.210 e. The van der Waals surface area contributed by atoms with Gasteiger partial charge < -0.3 is 5.21 Å². The molecule has 0 saturated carbocycles. The summed E-state index contributed by atoms with van der Waals surface area (Å²) in [5, 5.41) is 11.7. The van der Waals surface area contributed by atoms with E-state index in [4.69, 9.17) is 16.8 Å². The molecule has 1 aromatic carbocycles. The molecule has 0 aliphatic carbocycles. The predicted molar refractivity (Wildman–Crippen MR) is 50.7 cm³/mol. The minimum atomic E-state index is -0.329. The van der Waals surface area contributed by atoms with E-state index in [1.165, 1.54) is 13.0 Å². The van der Waals surface area contributed by atoms with E-state index in [1.54, 1.807) is 18.2 Å². The fourth-order valence-electron chi connectivity index (χ4n) is 0.884. The van der Waals surface area contributed by atoms with E-state index in [1.807, 2.05) is 0 Å². The van der Waals surface area contributed by atoms with Gasteiger partial charge in [-0.25, -0.2) is 0 Å². The highest BCUT2D eigenvalue weighted by Gasteiger charge is 2.09. The summed E-state index contributed by atoms with van der Waals surface area (Å²) in [6.07, 6.45) is 0. The number of hydrogen-bond donors (Lipinski definition) is 1. The predicted octanol–water partition coefficient (Wildman–Crippen LogP) is 2.37. The zero-order chi connectivity index (χ0) is 9.84. The van der Waals surface area contributed by atoms with Crippen LogP contribution in [0.1, 0.15) is 17.3 Å². The van der Waals surface area contributed by atoms with Crippen molar-refractivity contribution in [1.29, 1.82) is 0 Å². The van der Waals surface area contributed by atoms with Crippen molar-refractivity contribution in [1.82, 2.24) is 0 Å². The molecule has 1 aromatic rings. The lowest BCUT2D eigenvalue weighted by Crippen LogP contribution is -2.10. The van der Waals surface area contributed by atoms with Crippen LogP contribution in [0.25, 0.3) is 0 Å². The molecular formula is C9H8ClNO2. The molecule has 0 atom stereocenters. The Morgan fingerprint density at radius 2 is 2.23 bits per heavy atom. The van der Waals surface area contributed by atoms with Gasteiger partial charge in [-0.15, -0.1) is 0 Å². The first-order valence-electron chi connectivity index (χ1n) is 3.64. The summed E-state index contributed by atoms with van der Waals surface area (Å²) in [5.41, 5.74) is 0.463. The Morgan fingerprint density at radius 3 is 2.77 bits per heavy atom. The van der Waals surface area contributed by atoms with Crippen molar-refractivity contribution in [2.45, 2.75) is 6.92 Å². The minimum Gasteiger partial charge on any atom is -0.411 e. The summed E-state index contributed by atoms with van der Waals surface area (Å²) in [6.45, 7) is 1.43. The second-order valence-corrected chi connectivity index (χ2v) is 2.96. The summed E-state index contributed by atoms with van der Waals surface area (Å²) >= 11 is 5.68. The number of benzene rings is 1. The SMILES string of the molecule is C/C(=N/O)C(=O)c1cccc(Cl)c1. The van der Waals surface area contributed by atoms with Crippen LogP contribution in [0, 0.1) is 0 Å². The Bertz CT molecular complexity index is 360. The lowest BCUT2D eigenvalue weighted by Gasteiger charge is -1.98. The van der Waals surface area contributed by atoms with Crippen molar-refractivity contribution < 1.29 is 10.0 Å². The van der Waals surface area contributed by atoms with E-state index in [0.29, 0.717) is 10.6 Å². The van der Waals surface area contributed by atoms with Gasteiger partial charge in [-0.05, 0) is 19.1 Å². The molecular weight excluding hydrogens is 190 g/mol. The standard InChI is InChI=1S/C9H8ClNO2/c1-6(11-13)9(12)7-3-2-4-8(10)5-7/h2-5,13H,1H3/b11-6-. The van der Waals surface area contributed by atoms with Gasteiger partial charge in [-0.3, -0.25) is 4.79 Å². The topological polar surface area (TPSA) is 49.7 Å². The van der Waals surface area contributed by atoms with Gasteiger partial charge in [0, 0.05) is 10.6 Å². The van der Waals surface area contributed by atoms with E-state index in [0.717, 1.165) is 0 Å². The molecule has 0 aromatic heterocycles. The number of halogens is 1. The van der Waals surface area contributed by atoms with E-state index < -0.39 is 0 Å². The monoisotopic (exact) mass is 197 g/mol. The van der Waals surface area contributed by atoms with E-state index >= 15 is 0 Å². The molecule has 0 aliphatic heterocycles. The summed E-state index contributed by atoms with van der Waals surface area (Å²) in [7, 11) is 0. The van der Waals surface area contributed by atoms with Gasteiger partial charge in [-0.2, -0.15) is 0 Å². The molecule has 1 rings (SSSR count). The highest BCUT2D eigenvalue weighted by Crippen LogP contribution is 2.11. The van der Waals surface area contributed by atoms with Gasteiger partial charge in [-0.1, -0.05) is 28.9 Å². The molecule has 0 spiro atoms. The number of nitrogens with zero attached hydrogens (tertiary/aromatic N) is 1. The number of Topliss-reactive ketones (excluding diaryl/α,β-unsaturated/α-hetero) is 1. The summed E-state index contributed by atoms with van der Waals surface area (Å²) in [5.74, 6) is -0.329. The van der Waals surface area contributed by atoms with Crippen LogP contribution in [0.3, 0.4) is 0 Å². The Kier molecular flexibility index (Phi) is 3.03. The number of hydrogen-bond acceptors (Lipinski definition) is 3. The number of ketones is 1. The van der Waals surface area contributed by atoms with Crippen LogP contribution < -0.4 is 0 Å². The Labute approximate surface area is 80.6 Å². The quantitative estimate of drug-likeness (QED) is 0.343. The number of carbonyl (C=O) groups is 1. The fourth-order valence-corrected chi connectivity index (χ4v) is 1.07. The van der Waals surface area contributed by atoms with E-state index in [9.17, 15) is 4.79 Å². The average Bonchev–Trinajstić information content (AvgIpc) is 2.15. The van der Waals surface area contributed by atoms with Gasteiger partial charge >= 0.3 is 0 Å². The molecule has 0 radical (unpaired) electrons. The normalized spacial score (nSPS) is 11.4. The molecule has 3 nitrogen and oxygen atoms in total. The second-order valence-electron chi connectivity index (χ2n) is 2.52. The first-order valence-corrected chi connectivity index (χ1v) is 4.02. The molecule has 13 heavy (non-hydrogen) atoms. The Balaban J connectivity index is 3.03. The van der Waals surface area contributed by atoms with Gasteiger partial charge in [0.1, 0.15) is 5.71 Å². The molecule has 0 bridgehead atoms. The molecule has 0 aliphatic rings. The summed E-state index contributed by atoms with van der Waals surface area (Å²) in [6, 6.07) is 6.48. The maximum Gasteiger partial charge on any atom is 0.210 e. The lowest BCUT2D eigenvalue weighted by molar-refractivity contribution is 0.106. The molecule has 0 unspecified atom stereocenters. The molecule has 1 N–H and O–H groups in total. The van der Waals surface area contributed by atoms with Gasteiger partial charge in [0.25, 0.3) is 0 Å². The average molecular weight is 198 g/mol. The largest absolute Gasteiger partial charge is 0.411 e. The van der Waals surface area contributed by atoms with Crippen molar-refractivity contribution in [3.63, 3.8) is 0 Å². The van der Waals surface area contributed by atoms with Crippen LogP contribution in [0.15, 0.2) is 29.4 Å². The fraction of sp³-hybridized carbons (Fsp3) is 0.111. The molecule has 0 amide bonds. The number of carbonyl (C=O) groups excluding carboxylic acids is 1. The first kappa shape index (κ1) is 9.74. The van der Waals surface area contributed by atoms with Crippen molar-refractivity contribution in [3.05, 3.63) is 34.9 Å².